The Labute approximate surface area is 149 Å². The van der Waals surface area contributed by atoms with Crippen molar-refractivity contribution in [1.29, 1.82) is 0 Å². The normalized spacial score (nSPS) is 11.3. The smallest absolute Gasteiger partial charge is 0.287 e. The molecule has 0 fully saturated rings. The number of benzene rings is 2. The molecule has 5 heteroatoms. The summed E-state index contributed by atoms with van der Waals surface area (Å²) in [5.41, 5.74) is 3.77. The van der Waals surface area contributed by atoms with E-state index >= 15 is 0 Å². The Hall–Kier alpha value is -2.66. The summed E-state index contributed by atoms with van der Waals surface area (Å²) in [4.78, 5) is 17.0. The maximum atomic E-state index is 12.5. The van der Waals surface area contributed by atoms with E-state index in [0.29, 0.717) is 18.7 Å². The number of para-hydroxylation sites is 1. The fraction of sp³-hybridized carbons (Fsp3) is 0.200. The van der Waals surface area contributed by atoms with Crippen molar-refractivity contribution in [3.05, 3.63) is 64.4 Å². The van der Waals surface area contributed by atoms with Gasteiger partial charge in [-0.1, -0.05) is 24.3 Å². The van der Waals surface area contributed by atoms with Crippen LogP contribution in [0.5, 0.6) is 0 Å². The van der Waals surface area contributed by atoms with Crippen LogP contribution in [0.15, 0.2) is 46.9 Å². The molecule has 4 nitrogen and oxygen atoms in total. The van der Waals surface area contributed by atoms with Crippen molar-refractivity contribution in [2.45, 2.75) is 20.3 Å². The second kappa shape index (κ2) is 6.33. The molecule has 4 aromatic rings. The van der Waals surface area contributed by atoms with Gasteiger partial charge in [-0.05, 0) is 37.6 Å². The Bertz CT molecular complexity index is 1040. The summed E-state index contributed by atoms with van der Waals surface area (Å²) in [6.45, 7) is 4.47. The second-order valence-electron chi connectivity index (χ2n) is 6.14. The Kier molecular flexibility index (Phi) is 4.01. The minimum absolute atomic E-state index is 0.174. The van der Waals surface area contributed by atoms with E-state index < -0.39 is 0 Å². The number of thiazole rings is 1. The summed E-state index contributed by atoms with van der Waals surface area (Å²) in [7, 11) is 0. The Balaban J connectivity index is 1.46. The molecule has 1 amide bonds. The zero-order chi connectivity index (χ0) is 17.4. The van der Waals surface area contributed by atoms with E-state index in [4.69, 9.17) is 4.42 Å². The Morgan fingerprint density at radius 3 is 2.88 bits per heavy atom. The van der Waals surface area contributed by atoms with Gasteiger partial charge in [0.1, 0.15) is 5.58 Å². The number of nitrogens with one attached hydrogen (secondary N) is 1. The third-order valence-corrected chi connectivity index (χ3v) is 5.36. The summed E-state index contributed by atoms with van der Waals surface area (Å²) in [6.07, 6.45) is 0.712. The highest BCUT2D eigenvalue weighted by Crippen LogP contribution is 2.26. The van der Waals surface area contributed by atoms with Crippen LogP contribution in [0, 0.1) is 13.8 Å². The van der Waals surface area contributed by atoms with E-state index in [1.165, 1.54) is 4.70 Å². The summed E-state index contributed by atoms with van der Waals surface area (Å²) >= 11 is 1.67. The fourth-order valence-corrected chi connectivity index (χ4v) is 3.91. The first-order valence-corrected chi connectivity index (χ1v) is 9.06. The van der Waals surface area contributed by atoms with Crippen molar-refractivity contribution in [2.24, 2.45) is 0 Å². The number of fused-ring (bicyclic) bond motifs is 2. The van der Waals surface area contributed by atoms with Crippen LogP contribution >= 0.6 is 11.3 Å². The number of hydrogen-bond donors (Lipinski definition) is 1. The third kappa shape index (κ3) is 3.03. The standard InChI is InChI=1S/C20H18N2O2S/c1-12-7-8-14-13(2)19(24-16(14)11-12)20(23)21-10-9-18-22-15-5-3-4-6-17(15)25-18/h3-8,11H,9-10H2,1-2H3,(H,21,23). The van der Waals surface area contributed by atoms with Gasteiger partial charge in [-0.2, -0.15) is 0 Å². The third-order valence-electron chi connectivity index (χ3n) is 4.26. The molecule has 4 rings (SSSR count). The fourth-order valence-electron chi connectivity index (χ4n) is 2.94. The Morgan fingerprint density at radius 2 is 2.04 bits per heavy atom. The van der Waals surface area contributed by atoms with Crippen LogP contribution in [0.25, 0.3) is 21.2 Å². The number of nitrogens with zero attached hydrogens (tertiary/aromatic N) is 1. The number of aromatic nitrogens is 1. The van der Waals surface area contributed by atoms with Crippen LogP contribution in [-0.4, -0.2) is 17.4 Å². The molecule has 25 heavy (non-hydrogen) atoms. The van der Waals surface area contributed by atoms with Gasteiger partial charge in [-0.25, -0.2) is 4.98 Å². The summed E-state index contributed by atoms with van der Waals surface area (Å²) in [5, 5.41) is 4.96. The zero-order valence-corrected chi connectivity index (χ0v) is 14.9. The van der Waals surface area contributed by atoms with Gasteiger partial charge in [0.2, 0.25) is 0 Å². The van der Waals surface area contributed by atoms with Gasteiger partial charge in [0.15, 0.2) is 5.76 Å². The predicted molar refractivity (Wildman–Crippen MR) is 101 cm³/mol. The first-order chi connectivity index (χ1) is 12.1. The lowest BCUT2D eigenvalue weighted by Crippen LogP contribution is -2.25. The highest BCUT2D eigenvalue weighted by Gasteiger charge is 2.17. The van der Waals surface area contributed by atoms with Gasteiger partial charge in [0.25, 0.3) is 5.91 Å². The van der Waals surface area contributed by atoms with E-state index in [0.717, 1.165) is 32.6 Å². The first-order valence-electron chi connectivity index (χ1n) is 8.24. The molecule has 0 spiro atoms. The van der Waals surface area contributed by atoms with E-state index in [1.54, 1.807) is 11.3 Å². The molecule has 0 unspecified atom stereocenters. The van der Waals surface area contributed by atoms with Crippen LogP contribution in [0.3, 0.4) is 0 Å². The maximum Gasteiger partial charge on any atom is 0.287 e. The van der Waals surface area contributed by atoms with E-state index in [-0.39, 0.29) is 5.91 Å². The monoisotopic (exact) mass is 350 g/mol. The minimum atomic E-state index is -0.174. The van der Waals surface area contributed by atoms with Crippen molar-refractivity contribution < 1.29 is 9.21 Å². The SMILES string of the molecule is Cc1ccc2c(C)c(C(=O)NCCc3nc4ccccc4s3)oc2c1. The number of carbonyl (C=O) groups excluding carboxylic acids is 1. The average molecular weight is 350 g/mol. The molecular formula is C20H18N2O2S. The van der Waals surface area contributed by atoms with Gasteiger partial charge < -0.3 is 9.73 Å². The minimum Gasteiger partial charge on any atom is -0.451 e. The molecule has 0 radical (unpaired) electrons. The maximum absolute atomic E-state index is 12.5. The highest BCUT2D eigenvalue weighted by molar-refractivity contribution is 7.18. The highest BCUT2D eigenvalue weighted by atomic mass is 32.1. The molecular weight excluding hydrogens is 332 g/mol. The summed E-state index contributed by atoms with van der Waals surface area (Å²) in [5.74, 6) is 0.220. The quantitative estimate of drug-likeness (QED) is 0.584. The summed E-state index contributed by atoms with van der Waals surface area (Å²) in [6, 6.07) is 14.1. The molecule has 1 N–H and O–H groups in total. The Morgan fingerprint density at radius 1 is 1.20 bits per heavy atom. The summed E-state index contributed by atoms with van der Waals surface area (Å²) < 4.78 is 6.94. The predicted octanol–water partition coefficient (Wildman–Crippen LogP) is 4.63. The number of aryl methyl sites for hydroxylation is 2. The molecule has 0 saturated heterocycles. The van der Waals surface area contributed by atoms with Crippen LogP contribution in [0.2, 0.25) is 0 Å². The lowest BCUT2D eigenvalue weighted by molar-refractivity contribution is 0.0928. The molecule has 0 saturated carbocycles. The number of hydrogen-bond acceptors (Lipinski definition) is 4. The number of amides is 1. The molecule has 0 bridgehead atoms. The number of furan rings is 1. The zero-order valence-electron chi connectivity index (χ0n) is 14.1. The van der Waals surface area contributed by atoms with E-state index in [9.17, 15) is 4.79 Å². The number of rotatable bonds is 4. The van der Waals surface area contributed by atoms with Crippen molar-refractivity contribution in [1.82, 2.24) is 10.3 Å². The van der Waals surface area contributed by atoms with Crippen molar-refractivity contribution in [3.63, 3.8) is 0 Å². The molecule has 2 aromatic carbocycles. The molecule has 2 heterocycles. The van der Waals surface area contributed by atoms with Crippen molar-refractivity contribution in [2.75, 3.05) is 6.54 Å². The molecule has 0 aliphatic heterocycles. The van der Waals surface area contributed by atoms with E-state index in [2.05, 4.69) is 16.4 Å². The van der Waals surface area contributed by atoms with Crippen LogP contribution in [0.1, 0.15) is 26.7 Å². The van der Waals surface area contributed by atoms with Gasteiger partial charge in [-0.3, -0.25) is 4.79 Å². The van der Waals surface area contributed by atoms with E-state index in [1.807, 2.05) is 50.2 Å². The van der Waals surface area contributed by atoms with Crippen LogP contribution in [0.4, 0.5) is 0 Å². The van der Waals surface area contributed by atoms with Crippen LogP contribution in [-0.2, 0) is 6.42 Å². The average Bonchev–Trinajstić information content (AvgIpc) is 3.15. The molecule has 0 aliphatic carbocycles. The lowest BCUT2D eigenvalue weighted by atomic mass is 10.1. The van der Waals surface area contributed by atoms with Gasteiger partial charge >= 0.3 is 0 Å². The van der Waals surface area contributed by atoms with Crippen molar-refractivity contribution >= 4 is 38.4 Å². The van der Waals surface area contributed by atoms with Crippen molar-refractivity contribution in [3.8, 4) is 0 Å². The van der Waals surface area contributed by atoms with Gasteiger partial charge in [-0.15, -0.1) is 11.3 Å². The molecule has 2 aromatic heterocycles. The molecule has 0 aliphatic rings. The topological polar surface area (TPSA) is 55.1 Å². The van der Waals surface area contributed by atoms with Gasteiger partial charge in [0, 0.05) is 23.9 Å². The van der Waals surface area contributed by atoms with Crippen LogP contribution < -0.4 is 5.32 Å². The number of carbonyl (C=O) groups is 1. The lowest BCUT2D eigenvalue weighted by Gasteiger charge is -2.02. The molecule has 126 valence electrons. The largest absolute Gasteiger partial charge is 0.451 e. The first kappa shape index (κ1) is 15.8. The second-order valence-corrected chi connectivity index (χ2v) is 7.25. The molecule has 0 atom stereocenters. The van der Waals surface area contributed by atoms with Gasteiger partial charge in [0.05, 0.1) is 15.2 Å².